The van der Waals surface area contributed by atoms with Crippen molar-refractivity contribution in [2.45, 2.75) is 32.9 Å². The minimum absolute atomic E-state index is 0.0427. The number of rotatable bonds is 5. The summed E-state index contributed by atoms with van der Waals surface area (Å²) >= 11 is 0. The van der Waals surface area contributed by atoms with E-state index in [1.807, 2.05) is 24.3 Å². The molecule has 1 aromatic heterocycles. The van der Waals surface area contributed by atoms with Crippen LogP contribution in [0, 0.1) is 0 Å². The van der Waals surface area contributed by atoms with E-state index in [0.717, 1.165) is 24.0 Å². The molecule has 0 aliphatic rings. The average molecular weight is 245 g/mol. The monoisotopic (exact) mass is 245 g/mol. The number of benzene rings is 1. The van der Waals surface area contributed by atoms with E-state index >= 15 is 0 Å². The molecule has 0 bridgehead atoms. The van der Waals surface area contributed by atoms with Gasteiger partial charge in [-0.05, 0) is 32.0 Å². The average Bonchev–Trinajstić information content (AvgIpc) is 2.40. The molecule has 96 valence electrons. The molecule has 0 radical (unpaired) electrons. The van der Waals surface area contributed by atoms with Crippen molar-refractivity contribution in [2.24, 2.45) is 0 Å². The first-order valence-corrected chi connectivity index (χ1v) is 6.40. The van der Waals surface area contributed by atoms with E-state index < -0.39 is 0 Å². The van der Waals surface area contributed by atoms with Crippen LogP contribution in [0.25, 0.3) is 11.0 Å². The Kier molecular flexibility index (Phi) is 4.10. The molecule has 18 heavy (non-hydrogen) atoms. The van der Waals surface area contributed by atoms with Crippen molar-refractivity contribution < 1.29 is 0 Å². The Morgan fingerprint density at radius 1 is 1.39 bits per heavy atom. The summed E-state index contributed by atoms with van der Waals surface area (Å²) in [6.45, 7) is 5.87. The van der Waals surface area contributed by atoms with Crippen LogP contribution in [0.15, 0.2) is 35.3 Å². The Hall–Kier alpha value is -1.68. The van der Waals surface area contributed by atoms with E-state index in [-0.39, 0.29) is 11.6 Å². The lowest BCUT2D eigenvalue weighted by molar-refractivity contribution is 0.477. The predicted octanol–water partition coefficient (Wildman–Crippen LogP) is 1.78. The van der Waals surface area contributed by atoms with E-state index in [1.54, 1.807) is 4.57 Å². The molecular weight excluding hydrogens is 226 g/mol. The summed E-state index contributed by atoms with van der Waals surface area (Å²) in [4.78, 5) is 16.1. The molecule has 1 heterocycles. The van der Waals surface area contributed by atoms with E-state index in [4.69, 9.17) is 0 Å². The molecule has 0 saturated heterocycles. The maximum Gasteiger partial charge on any atom is 0.269 e. The van der Waals surface area contributed by atoms with Gasteiger partial charge in [0.05, 0.1) is 17.2 Å². The fraction of sp³-hybridized carbons (Fsp3) is 0.429. The number of aromatic nitrogens is 2. The largest absolute Gasteiger partial charge is 0.312 e. The second kappa shape index (κ2) is 5.78. The molecule has 0 fully saturated rings. The van der Waals surface area contributed by atoms with Gasteiger partial charge in [-0.3, -0.25) is 4.79 Å². The quantitative estimate of drug-likeness (QED) is 0.873. The molecule has 0 amide bonds. The zero-order chi connectivity index (χ0) is 13.0. The fourth-order valence-electron chi connectivity index (χ4n) is 2.03. The van der Waals surface area contributed by atoms with Gasteiger partial charge in [-0.25, -0.2) is 4.98 Å². The minimum atomic E-state index is -0.0427. The van der Waals surface area contributed by atoms with Crippen LogP contribution in [0.3, 0.4) is 0 Å². The SMILES string of the molecule is CCCNC(C)Cn1c(=O)cnc2ccccc21. The summed E-state index contributed by atoms with van der Waals surface area (Å²) in [6.07, 6.45) is 2.49. The van der Waals surface area contributed by atoms with Gasteiger partial charge >= 0.3 is 0 Å². The molecule has 1 aromatic carbocycles. The molecule has 0 aliphatic carbocycles. The van der Waals surface area contributed by atoms with Crippen LogP contribution in [-0.2, 0) is 6.54 Å². The lowest BCUT2D eigenvalue weighted by Gasteiger charge is -2.16. The molecule has 1 unspecified atom stereocenters. The van der Waals surface area contributed by atoms with Gasteiger partial charge in [0.1, 0.15) is 0 Å². The molecule has 1 N–H and O–H groups in total. The Bertz CT molecular complexity index is 577. The van der Waals surface area contributed by atoms with E-state index in [0.29, 0.717) is 6.54 Å². The molecule has 4 nitrogen and oxygen atoms in total. The van der Waals surface area contributed by atoms with E-state index in [2.05, 4.69) is 24.1 Å². The highest BCUT2D eigenvalue weighted by atomic mass is 16.1. The first-order valence-electron chi connectivity index (χ1n) is 6.40. The summed E-state index contributed by atoms with van der Waals surface area (Å²) in [5.41, 5.74) is 1.72. The third-order valence-corrected chi connectivity index (χ3v) is 2.95. The summed E-state index contributed by atoms with van der Waals surface area (Å²) in [7, 11) is 0. The zero-order valence-electron chi connectivity index (χ0n) is 10.9. The normalized spacial score (nSPS) is 12.8. The third kappa shape index (κ3) is 2.76. The summed E-state index contributed by atoms with van der Waals surface area (Å²) < 4.78 is 1.79. The highest BCUT2D eigenvalue weighted by Gasteiger charge is 2.07. The Morgan fingerprint density at radius 2 is 2.17 bits per heavy atom. The van der Waals surface area contributed by atoms with Crippen LogP contribution < -0.4 is 10.9 Å². The summed E-state index contributed by atoms with van der Waals surface area (Å²) in [6, 6.07) is 8.01. The maximum atomic E-state index is 11.9. The predicted molar refractivity (Wildman–Crippen MR) is 73.8 cm³/mol. The van der Waals surface area contributed by atoms with Gasteiger partial charge in [-0.15, -0.1) is 0 Å². The van der Waals surface area contributed by atoms with E-state index in [9.17, 15) is 4.79 Å². The minimum Gasteiger partial charge on any atom is -0.312 e. The first-order chi connectivity index (χ1) is 8.72. The van der Waals surface area contributed by atoms with E-state index in [1.165, 1.54) is 6.20 Å². The van der Waals surface area contributed by atoms with Crippen molar-refractivity contribution in [3.63, 3.8) is 0 Å². The topological polar surface area (TPSA) is 46.9 Å². The summed E-state index contributed by atoms with van der Waals surface area (Å²) in [5, 5.41) is 3.39. The zero-order valence-corrected chi connectivity index (χ0v) is 10.9. The van der Waals surface area contributed by atoms with Crippen LogP contribution >= 0.6 is 0 Å². The molecular formula is C14H19N3O. The summed E-state index contributed by atoms with van der Waals surface area (Å²) in [5.74, 6) is 0. The number of fused-ring (bicyclic) bond motifs is 1. The lowest BCUT2D eigenvalue weighted by Crippen LogP contribution is -2.35. The van der Waals surface area contributed by atoms with Crippen molar-refractivity contribution >= 4 is 11.0 Å². The Labute approximate surface area is 107 Å². The van der Waals surface area contributed by atoms with Crippen LogP contribution in [0.5, 0.6) is 0 Å². The van der Waals surface area contributed by atoms with Gasteiger partial charge in [0, 0.05) is 12.6 Å². The van der Waals surface area contributed by atoms with Crippen LogP contribution in [0.1, 0.15) is 20.3 Å². The highest BCUT2D eigenvalue weighted by molar-refractivity contribution is 5.74. The van der Waals surface area contributed by atoms with Crippen molar-refractivity contribution in [3.8, 4) is 0 Å². The second-order valence-electron chi connectivity index (χ2n) is 4.55. The second-order valence-corrected chi connectivity index (χ2v) is 4.55. The van der Waals surface area contributed by atoms with Crippen LogP contribution in [-0.4, -0.2) is 22.1 Å². The molecule has 1 atom stereocenters. The highest BCUT2D eigenvalue weighted by Crippen LogP contribution is 2.08. The Morgan fingerprint density at radius 3 is 2.94 bits per heavy atom. The third-order valence-electron chi connectivity index (χ3n) is 2.95. The van der Waals surface area contributed by atoms with Gasteiger partial charge in [0.15, 0.2) is 0 Å². The Balaban J connectivity index is 2.31. The number of para-hydroxylation sites is 2. The van der Waals surface area contributed by atoms with Gasteiger partial charge in [0.25, 0.3) is 5.56 Å². The number of hydrogen-bond acceptors (Lipinski definition) is 3. The molecule has 0 aliphatic heterocycles. The van der Waals surface area contributed by atoms with Crippen molar-refractivity contribution in [1.29, 1.82) is 0 Å². The van der Waals surface area contributed by atoms with Crippen molar-refractivity contribution in [3.05, 3.63) is 40.8 Å². The molecule has 0 spiro atoms. The van der Waals surface area contributed by atoms with Gasteiger partial charge in [-0.2, -0.15) is 0 Å². The molecule has 0 saturated carbocycles. The van der Waals surface area contributed by atoms with Crippen molar-refractivity contribution in [1.82, 2.24) is 14.9 Å². The first kappa shape index (κ1) is 12.8. The van der Waals surface area contributed by atoms with Crippen LogP contribution in [0.2, 0.25) is 0 Å². The lowest BCUT2D eigenvalue weighted by atomic mass is 10.2. The number of nitrogens with zero attached hydrogens (tertiary/aromatic N) is 2. The standard InChI is InChI=1S/C14H19N3O/c1-3-8-15-11(2)10-17-13-7-5-4-6-12(13)16-9-14(17)18/h4-7,9,11,15H,3,8,10H2,1-2H3. The smallest absolute Gasteiger partial charge is 0.269 e. The van der Waals surface area contributed by atoms with Crippen molar-refractivity contribution in [2.75, 3.05) is 6.54 Å². The van der Waals surface area contributed by atoms with Gasteiger partial charge in [0.2, 0.25) is 0 Å². The molecule has 2 aromatic rings. The molecule has 2 rings (SSSR count). The number of hydrogen-bond donors (Lipinski definition) is 1. The van der Waals surface area contributed by atoms with Crippen LogP contribution in [0.4, 0.5) is 0 Å². The molecule has 4 heteroatoms. The fourth-order valence-corrected chi connectivity index (χ4v) is 2.03. The van der Waals surface area contributed by atoms with Gasteiger partial charge in [-0.1, -0.05) is 19.1 Å². The maximum absolute atomic E-state index is 11.9. The van der Waals surface area contributed by atoms with Gasteiger partial charge < -0.3 is 9.88 Å². The number of nitrogens with one attached hydrogen (secondary N) is 1.